The van der Waals surface area contributed by atoms with E-state index in [-0.39, 0.29) is 43.1 Å². The van der Waals surface area contributed by atoms with Crippen LogP contribution in [0.4, 0.5) is 5.82 Å². The maximum atomic E-state index is 13.5. The van der Waals surface area contributed by atoms with Crippen LogP contribution < -0.4 is 21.1 Å². The number of nitrogens with one attached hydrogen (secondary N) is 2. The van der Waals surface area contributed by atoms with Crippen molar-refractivity contribution in [3.8, 4) is 33.2 Å². The highest BCUT2D eigenvalue weighted by Crippen LogP contribution is 2.36. The molecule has 2 fully saturated rings. The van der Waals surface area contributed by atoms with Gasteiger partial charge in [0, 0.05) is 70.8 Å². The Labute approximate surface area is 486 Å². The Kier molecular flexibility index (Phi) is 24.0. The normalized spacial score (nSPS) is 16.0. The number of nitrogens with two attached hydrogens (primary N) is 1. The minimum atomic E-state index is -0.774. The zero-order valence-corrected chi connectivity index (χ0v) is 48.9. The van der Waals surface area contributed by atoms with Crippen molar-refractivity contribution in [2.75, 3.05) is 91.3 Å². The summed E-state index contributed by atoms with van der Waals surface area (Å²) in [6.45, 7) is 14.1. The number of anilines is 1. The number of nitrogens with zero attached hydrogens (tertiary/aromatic N) is 7. The van der Waals surface area contributed by atoms with E-state index >= 15 is 0 Å². The van der Waals surface area contributed by atoms with Crippen LogP contribution in [0, 0.1) is 12.3 Å². The fraction of sp³-hybridized carbons (Fsp3) is 0.532. The van der Waals surface area contributed by atoms with Crippen LogP contribution in [0.25, 0.3) is 32.7 Å². The van der Waals surface area contributed by atoms with Gasteiger partial charge in [0.25, 0.3) is 0 Å². The van der Waals surface area contributed by atoms with Crippen LogP contribution in [-0.2, 0) is 39.9 Å². The number of ether oxygens (including phenoxy) is 5. The summed E-state index contributed by atoms with van der Waals surface area (Å²) in [6.07, 6.45) is 10.4. The van der Waals surface area contributed by atoms with Gasteiger partial charge in [-0.1, -0.05) is 75.6 Å². The van der Waals surface area contributed by atoms with Gasteiger partial charge in [-0.2, -0.15) is 5.10 Å². The van der Waals surface area contributed by atoms with E-state index in [9.17, 15) is 19.5 Å². The monoisotopic (exact) mass is 1140 g/mol. The fourth-order valence-corrected chi connectivity index (χ4v) is 11.3. The molecule has 2 atom stereocenters. The zero-order valence-electron chi connectivity index (χ0n) is 48.1. The van der Waals surface area contributed by atoms with Gasteiger partial charge < -0.3 is 55.0 Å². The van der Waals surface area contributed by atoms with Crippen molar-refractivity contribution in [2.24, 2.45) is 5.41 Å². The topological polar surface area (TPSA) is 231 Å². The number of carbonyl (C=O) groups is 3. The number of carbonyl (C=O) groups excluding carboxylic acids is 3. The zero-order chi connectivity index (χ0) is 57.5. The van der Waals surface area contributed by atoms with Crippen molar-refractivity contribution in [1.29, 1.82) is 0 Å². The van der Waals surface area contributed by atoms with Gasteiger partial charge in [-0.15, -0.1) is 11.3 Å². The van der Waals surface area contributed by atoms with Gasteiger partial charge >= 0.3 is 0 Å². The van der Waals surface area contributed by atoms with E-state index in [0.29, 0.717) is 71.6 Å². The first-order chi connectivity index (χ1) is 39.9. The number of aromatic nitrogens is 5. The van der Waals surface area contributed by atoms with Crippen LogP contribution in [0.3, 0.4) is 0 Å². The molecule has 0 spiro atoms. The standard InChI is InChI=1S/C62H84N10O9S/c1-45-58(82-44-68-45)48-19-17-46(18-20-48)40-64-61(76)53-38-50(73)41-71(53)55(75)39-62(2,3)42-65-54(74)16-10-7-13-31-78-33-35-80-37-36-79-34-32-77-30-12-5-4-11-27-70-28-25-49(26-29-70)72-60-56(59(63)66-43-67-60)57(69-72)47-21-23-52(24-22-47)81-51-14-8-6-9-15-51/h6,8-9,14-15,17-24,43-44,49-50,53,73H,4-5,7,10-13,16,25-42H2,1-3H3,(H,64,76)(H,65,74)(H2,63,66,67)/t50-,53+/m1/s1. The molecule has 2 saturated heterocycles. The van der Waals surface area contributed by atoms with E-state index in [1.54, 1.807) is 11.3 Å². The van der Waals surface area contributed by atoms with Crippen molar-refractivity contribution in [3.63, 3.8) is 0 Å². The third kappa shape index (κ3) is 18.8. The van der Waals surface area contributed by atoms with Gasteiger partial charge in [-0.05, 0) is 105 Å². The highest BCUT2D eigenvalue weighted by Gasteiger charge is 2.40. The number of aliphatic hydroxyl groups excluding tert-OH is 1. The minimum Gasteiger partial charge on any atom is -0.457 e. The minimum absolute atomic E-state index is 0.0613. The van der Waals surface area contributed by atoms with Gasteiger partial charge in [0.2, 0.25) is 17.7 Å². The molecule has 5 N–H and O–H groups in total. The second-order valence-corrected chi connectivity index (χ2v) is 23.0. The van der Waals surface area contributed by atoms with Crippen molar-refractivity contribution in [3.05, 3.63) is 102 Å². The Morgan fingerprint density at radius 1 is 0.744 bits per heavy atom. The molecule has 8 rings (SSSR count). The van der Waals surface area contributed by atoms with Crippen LogP contribution >= 0.6 is 11.3 Å². The maximum Gasteiger partial charge on any atom is 0.243 e. The molecule has 6 aromatic rings. The summed E-state index contributed by atoms with van der Waals surface area (Å²) in [4.78, 5) is 57.9. The molecule has 20 heteroatoms. The fourth-order valence-electron chi connectivity index (χ4n) is 10.5. The Morgan fingerprint density at radius 2 is 1.38 bits per heavy atom. The first-order valence-corrected chi connectivity index (χ1v) is 30.2. The van der Waals surface area contributed by atoms with Crippen LogP contribution in [0.2, 0.25) is 0 Å². The second-order valence-electron chi connectivity index (χ2n) is 22.2. The van der Waals surface area contributed by atoms with Gasteiger partial charge in [0.1, 0.15) is 35.4 Å². The highest BCUT2D eigenvalue weighted by molar-refractivity contribution is 7.13. The number of benzene rings is 3. The number of β-amino-alcohol motifs (C(OH)–C–C–N with tert-alkyl or cyclic N) is 1. The summed E-state index contributed by atoms with van der Waals surface area (Å²) < 4.78 is 30.9. The number of nitrogen functional groups attached to an aromatic ring is 1. The molecule has 0 unspecified atom stereocenters. The van der Waals surface area contributed by atoms with Crippen LogP contribution in [0.15, 0.2) is 90.7 Å². The Morgan fingerprint density at radius 3 is 2.05 bits per heavy atom. The number of piperidine rings is 1. The van der Waals surface area contributed by atoms with Crippen molar-refractivity contribution in [2.45, 2.75) is 123 Å². The lowest BCUT2D eigenvalue weighted by Gasteiger charge is -2.32. The van der Waals surface area contributed by atoms with Crippen molar-refractivity contribution in [1.82, 2.24) is 45.2 Å². The van der Waals surface area contributed by atoms with Gasteiger partial charge in [0.15, 0.2) is 5.65 Å². The number of hydrogen-bond acceptors (Lipinski definition) is 16. The first-order valence-electron chi connectivity index (χ1n) is 29.3. The molecule has 0 radical (unpaired) electrons. The Bertz CT molecular complexity index is 2900. The molecule has 3 aromatic carbocycles. The van der Waals surface area contributed by atoms with Crippen LogP contribution in [0.5, 0.6) is 11.5 Å². The molecule has 82 heavy (non-hydrogen) atoms. The lowest BCUT2D eigenvalue weighted by atomic mass is 9.88. The number of unbranched alkanes of at least 4 members (excludes halogenated alkanes) is 5. The molecule has 3 aromatic heterocycles. The molecule has 0 bridgehead atoms. The third-order valence-corrected chi connectivity index (χ3v) is 16.1. The molecule has 0 saturated carbocycles. The number of amides is 3. The second kappa shape index (κ2) is 31.9. The molecule has 5 heterocycles. The number of fused-ring (bicyclic) bond motifs is 1. The molecular weight excluding hydrogens is 1060 g/mol. The number of likely N-dealkylation sites (tertiary alicyclic amines) is 2. The number of thiazole rings is 1. The van der Waals surface area contributed by atoms with E-state index in [1.807, 2.05) is 105 Å². The lowest BCUT2D eigenvalue weighted by Crippen LogP contribution is -2.47. The quantitative estimate of drug-likeness (QED) is 0.0276. The summed E-state index contributed by atoms with van der Waals surface area (Å²) in [5, 5.41) is 22.3. The average molecular weight is 1150 g/mol. The summed E-state index contributed by atoms with van der Waals surface area (Å²) in [5.74, 6) is 1.40. The molecule has 19 nitrogen and oxygen atoms in total. The van der Waals surface area contributed by atoms with Crippen molar-refractivity contribution < 1.29 is 43.2 Å². The SMILES string of the molecule is Cc1ncsc1-c1ccc(CNC(=O)[C@@H]2C[C@@H](O)CN2C(=O)CC(C)(C)CNC(=O)CCCCCOCCOCCOCCOCCCCCCN2CCC(n3nc(-c4ccc(Oc5ccccc5)cc4)c4c(N)ncnc43)CC2)cc1. The molecule has 0 aliphatic carbocycles. The Balaban J connectivity index is 0.573. The van der Waals surface area contributed by atoms with Gasteiger partial charge in [-0.3, -0.25) is 14.4 Å². The van der Waals surface area contributed by atoms with Crippen LogP contribution in [0.1, 0.15) is 108 Å². The van der Waals surface area contributed by atoms with E-state index in [1.165, 1.54) is 24.1 Å². The lowest BCUT2D eigenvalue weighted by molar-refractivity contribution is -0.140. The molecular formula is C62H84N10O9S. The molecule has 2 aliphatic heterocycles. The number of aliphatic hydroxyl groups is 1. The largest absolute Gasteiger partial charge is 0.457 e. The van der Waals surface area contributed by atoms with Crippen molar-refractivity contribution >= 4 is 45.9 Å². The average Bonchev–Trinajstić information content (AvgIpc) is 4.43. The predicted molar refractivity (Wildman–Crippen MR) is 318 cm³/mol. The summed E-state index contributed by atoms with van der Waals surface area (Å²) in [7, 11) is 0. The van der Waals surface area contributed by atoms with E-state index < -0.39 is 17.6 Å². The predicted octanol–water partition coefficient (Wildman–Crippen LogP) is 8.93. The van der Waals surface area contributed by atoms with E-state index in [2.05, 4.69) is 35.2 Å². The summed E-state index contributed by atoms with van der Waals surface area (Å²) >= 11 is 1.59. The number of para-hydroxylation sites is 1. The van der Waals surface area contributed by atoms with Crippen LogP contribution in [-0.4, -0.2) is 155 Å². The number of hydrogen-bond donors (Lipinski definition) is 4. The third-order valence-electron chi connectivity index (χ3n) is 15.1. The Hall–Kier alpha value is -6.39. The first kappa shape index (κ1) is 61.7. The molecule has 2 aliphatic rings. The highest BCUT2D eigenvalue weighted by atomic mass is 32.1. The number of aryl methyl sites for hydroxylation is 1. The molecule has 442 valence electrons. The molecule has 3 amide bonds. The van der Waals surface area contributed by atoms with E-state index in [0.717, 1.165) is 127 Å². The smallest absolute Gasteiger partial charge is 0.243 e. The summed E-state index contributed by atoms with van der Waals surface area (Å²) in [5.41, 5.74) is 13.2. The van der Waals surface area contributed by atoms with E-state index in [4.69, 9.17) is 34.5 Å². The summed E-state index contributed by atoms with van der Waals surface area (Å²) in [6, 6.07) is 25.1. The number of rotatable bonds is 34. The maximum absolute atomic E-state index is 13.5. The van der Waals surface area contributed by atoms with Gasteiger partial charge in [0.05, 0.1) is 73.3 Å². The van der Waals surface area contributed by atoms with Gasteiger partial charge in [-0.25, -0.2) is 19.6 Å².